The monoisotopic (exact) mass is 373 g/mol. The second-order valence-corrected chi connectivity index (χ2v) is 7.01. The molecule has 142 valence electrons. The number of anilines is 1. The van der Waals surface area contributed by atoms with Crippen molar-refractivity contribution in [2.45, 2.75) is 44.3 Å². The number of nitrogens with zero attached hydrogens (tertiary/aromatic N) is 3. The molecule has 0 radical (unpaired) electrons. The Hall–Kier alpha value is -2.61. The molecule has 1 aliphatic carbocycles. The lowest BCUT2D eigenvalue weighted by atomic mass is 10.1. The van der Waals surface area contributed by atoms with E-state index in [0.29, 0.717) is 17.9 Å². The number of hydrogen-bond acceptors (Lipinski definition) is 5. The molecule has 6 nitrogen and oxygen atoms in total. The van der Waals surface area contributed by atoms with Crippen molar-refractivity contribution in [1.29, 1.82) is 0 Å². The van der Waals surface area contributed by atoms with Gasteiger partial charge in [0.05, 0.1) is 17.7 Å². The minimum atomic E-state index is -2.99. The topological polar surface area (TPSA) is 75.7 Å². The molecule has 2 N–H and O–H groups in total. The summed E-state index contributed by atoms with van der Waals surface area (Å²) in [5, 5.41) is 10.9. The lowest BCUT2D eigenvalue weighted by Crippen LogP contribution is -2.25. The zero-order valence-electron chi connectivity index (χ0n) is 15.0. The molecule has 8 heteroatoms. The smallest absolute Gasteiger partial charge is 0.296 e. The highest BCUT2D eigenvalue weighted by molar-refractivity contribution is 5.85. The molecule has 2 aromatic heterocycles. The molecule has 0 bridgehead atoms. The average molecular weight is 373 g/mol. The molecule has 1 aliphatic rings. The molecule has 1 saturated carbocycles. The zero-order chi connectivity index (χ0) is 18.9. The number of aromatic nitrogens is 4. The van der Waals surface area contributed by atoms with Gasteiger partial charge in [-0.1, -0.05) is 29.8 Å². The molecule has 0 spiro atoms. The first-order valence-electron chi connectivity index (χ1n) is 8.98. The van der Waals surface area contributed by atoms with Gasteiger partial charge in [-0.25, -0.2) is 9.97 Å². The maximum absolute atomic E-state index is 14.4. The number of H-pyrrole nitrogens is 1. The van der Waals surface area contributed by atoms with Gasteiger partial charge in [0.25, 0.3) is 5.92 Å². The third kappa shape index (κ3) is 3.90. The lowest BCUT2D eigenvalue weighted by Gasteiger charge is -2.20. The number of halogens is 2. The number of nitrogens with one attached hydrogen (secondary N) is 2. The van der Waals surface area contributed by atoms with Crippen LogP contribution < -0.4 is 5.32 Å². The van der Waals surface area contributed by atoms with Crippen molar-refractivity contribution in [1.82, 2.24) is 20.2 Å². The van der Waals surface area contributed by atoms with E-state index in [0.717, 1.165) is 23.8 Å². The number of rotatable bonds is 6. The minimum Gasteiger partial charge on any atom is -0.371 e. The van der Waals surface area contributed by atoms with Crippen LogP contribution in [0.15, 0.2) is 36.8 Å². The van der Waals surface area contributed by atoms with Crippen LogP contribution in [0.1, 0.15) is 30.4 Å². The summed E-state index contributed by atoms with van der Waals surface area (Å²) in [5.74, 6) is -2.29. The van der Waals surface area contributed by atoms with E-state index in [9.17, 15) is 8.78 Å². The first-order valence-corrected chi connectivity index (χ1v) is 8.98. The fraction of sp³-hybridized carbons (Fsp3) is 0.421. The van der Waals surface area contributed by atoms with Crippen molar-refractivity contribution in [2.24, 2.45) is 0 Å². The zero-order valence-corrected chi connectivity index (χ0v) is 15.0. The molecular weight excluding hydrogens is 352 g/mol. The molecular formula is C19H21F2N5O. The van der Waals surface area contributed by atoms with E-state index in [1.165, 1.54) is 18.5 Å². The fourth-order valence-corrected chi connectivity index (χ4v) is 3.40. The summed E-state index contributed by atoms with van der Waals surface area (Å²) in [5.41, 5.74) is 1.61. The predicted molar refractivity (Wildman–Crippen MR) is 97.8 cm³/mol. The molecule has 4 rings (SSSR count). The largest absolute Gasteiger partial charge is 0.371 e. The summed E-state index contributed by atoms with van der Waals surface area (Å²) in [6, 6.07) is 6.43. The van der Waals surface area contributed by atoms with Crippen LogP contribution in [0.25, 0.3) is 11.0 Å². The molecule has 3 aromatic rings. The van der Waals surface area contributed by atoms with Crippen molar-refractivity contribution >= 4 is 16.9 Å². The Balaban J connectivity index is 1.33. The first kappa shape index (κ1) is 17.8. The van der Waals surface area contributed by atoms with E-state index in [-0.39, 0.29) is 17.7 Å². The molecule has 0 saturated heterocycles. The Morgan fingerprint density at radius 3 is 2.85 bits per heavy atom. The molecule has 27 heavy (non-hydrogen) atoms. The summed E-state index contributed by atoms with van der Waals surface area (Å²) in [4.78, 5) is 8.36. The maximum atomic E-state index is 14.4. The molecule has 0 aliphatic heterocycles. The van der Waals surface area contributed by atoms with Crippen LogP contribution in [0.3, 0.4) is 0 Å². The normalized spacial score (nSPS) is 20.3. The Bertz CT molecular complexity index is 912. The molecule has 1 fully saturated rings. The number of fused-ring (bicyclic) bond motifs is 1. The average Bonchev–Trinajstić information content (AvgIpc) is 3.30. The Kier molecular flexibility index (Phi) is 4.73. The van der Waals surface area contributed by atoms with Crippen molar-refractivity contribution in [3.63, 3.8) is 0 Å². The van der Waals surface area contributed by atoms with Gasteiger partial charge in [-0.2, -0.15) is 13.9 Å². The Labute approximate surface area is 155 Å². The van der Waals surface area contributed by atoms with Crippen molar-refractivity contribution in [3.8, 4) is 0 Å². The van der Waals surface area contributed by atoms with Gasteiger partial charge in [-0.05, 0) is 26.2 Å². The summed E-state index contributed by atoms with van der Waals surface area (Å²) in [6.07, 6.45) is 5.18. The van der Waals surface area contributed by atoms with E-state index in [4.69, 9.17) is 4.74 Å². The highest BCUT2D eigenvalue weighted by Gasteiger charge is 2.35. The summed E-state index contributed by atoms with van der Waals surface area (Å²) >= 11 is 0. The highest BCUT2D eigenvalue weighted by Crippen LogP contribution is 2.32. The standard InChI is InChI=1S/C19H21F2N5O/c1-12-2-4-13(5-3-12)19(20,21)10-27-15-7-6-14(8-15)25-17-16-9-24-26-18(16)23-11-22-17/h2-5,9,11,14-15H,6-8,10H2,1H3,(H2,22,23,24,25,26)/t14-,15-/m0/s1. The Morgan fingerprint density at radius 1 is 1.22 bits per heavy atom. The van der Waals surface area contributed by atoms with Crippen LogP contribution in [0.5, 0.6) is 0 Å². The van der Waals surface area contributed by atoms with E-state index >= 15 is 0 Å². The van der Waals surface area contributed by atoms with Gasteiger partial charge in [0, 0.05) is 11.6 Å². The summed E-state index contributed by atoms with van der Waals surface area (Å²) < 4.78 is 34.3. The fourth-order valence-electron chi connectivity index (χ4n) is 3.40. The number of ether oxygens (including phenoxy) is 1. The van der Waals surface area contributed by atoms with Crippen molar-refractivity contribution < 1.29 is 13.5 Å². The maximum Gasteiger partial charge on any atom is 0.296 e. The molecule has 2 atom stereocenters. The molecule has 0 amide bonds. The van der Waals surface area contributed by atoms with E-state index in [2.05, 4.69) is 25.5 Å². The van der Waals surface area contributed by atoms with Crippen LogP contribution in [0.2, 0.25) is 0 Å². The Morgan fingerprint density at radius 2 is 2.04 bits per heavy atom. The lowest BCUT2D eigenvalue weighted by molar-refractivity contribution is -0.103. The van der Waals surface area contributed by atoms with Crippen molar-refractivity contribution in [3.05, 3.63) is 47.9 Å². The van der Waals surface area contributed by atoms with Gasteiger partial charge in [0.15, 0.2) is 5.65 Å². The van der Waals surface area contributed by atoms with Gasteiger partial charge in [0.1, 0.15) is 18.8 Å². The van der Waals surface area contributed by atoms with Crippen LogP contribution in [0.4, 0.5) is 14.6 Å². The number of aryl methyl sites for hydroxylation is 1. The molecule has 2 heterocycles. The van der Waals surface area contributed by atoms with Gasteiger partial charge in [-0.3, -0.25) is 5.10 Å². The van der Waals surface area contributed by atoms with Crippen LogP contribution in [0, 0.1) is 6.92 Å². The minimum absolute atomic E-state index is 0.0101. The van der Waals surface area contributed by atoms with Crippen LogP contribution in [-0.4, -0.2) is 38.9 Å². The predicted octanol–water partition coefficient (Wildman–Crippen LogP) is 3.80. The van der Waals surface area contributed by atoms with E-state index in [1.54, 1.807) is 18.3 Å². The van der Waals surface area contributed by atoms with Crippen LogP contribution >= 0.6 is 0 Å². The number of alkyl halides is 2. The summed E-state index contributed by atoms with van der Waals surface area (Å²) in [7, 11) is 0. The second-order valence-electron chi connectivity index (χ2n) is 7.01. The second kappa shape index (κ2) is 7.19. The number of aromatic amines is 1. The van der Waals surface area contributed by atoms with Gasteiger partial charge >= 0.3 is 0 Å². The first-order chi connectivity index (χ1) is 13.0. The van der Waals surface area contributed by atoms with Gasteiger partial charge in [-0.15, -0.1) is 0 Å². The quantitative estimate of drug-likeness (QED) is 0.687. The molecule has 1 aromatic carbocycles. The third-order valence-electron chi connectivity index (χ3n) is 4.95. The van der Waals surface area contributed by atoms with E-state index in [1.807, 2.05) is 6.92 Å². The number of hydrogen-bond donors (Lipinski definition) is 2. The van der Waals surface area contributed by atoms with Crippen molar-refractivity contribution in [2.75, 3.05) is 11.9 Å². The SMILES string of the molecule is Cc1ccc(C(F)(F)CO[C@H]2CC[C@H](Nc3ncnc4[nH]ncc34)C2)cc1. The van der Waals surface area contributed by atoms with Gasteiger partial charge in [0.2, 0.25) is 0 Å². The third-order valence-corrected chi connectivity index (χ3v) is 4.95. The van der Waals surface area contributed by atoms with Gasteiger partial charge < -0.3 is 10.1 Å². The van der Waals surface area contributed by atoms with E-state index < -0.39 is 12.5 Å². The number of benzene rings is 1. The highest BCUT2D eigenvalue weighted by atomic mass is 19.3. The summed E-state index contributed by atoms with van der Waals surface area (Å²) in [6.45, 7) is 1.27. The van der Waals surface area contributed by atoms with Crippen LogP contribution in [-0.2, 0) is 10.7 Å². The molecule has 0 unspecified atom stereocenters.